The first-order chi connectivity index (χ1) is 5.75. The molecule has 0 spiro atoms. The molecule has 1 heterocycles. The van der Waals surface area contributed by atoms with Gasteiger partial charge >= 0.3 is 0 Å². The summed E-state index contributed by atoms with van der Waals surface area (Å²) < 4.78 is 0. The minimum absolute atomic E-state index is 0.702. The minimum Gasteiger partial charge on any atom is -0.314 e. The van der Waals surface area contributed by atoms with Crippen LogP contribution >= 0.6 is 0 Å². The summed E-state index contributed by atoms with van der Waals surface area (Å²) in [5, 5.41) is 3.51. The molecule has 0 aromatic carbocycles. The Labute approximate surface area is 76.2 Å². The van der Waals surface area contributed by atoms with E-state index >= 15 is 0 Å². The highest BCUT2D eigenvalue weighted by molar-refractivity contribution is 4.83. The van der Waals surface area contributed by atoms with Gasteiger partial charge in [-0.05, 0) is 44.6 Å². The Morgan fingerprint density at radius 1 is 1.50 bits per heavy atom. The van der Waals surface area contributed by atoms with E-state index in [-0.39, 0.29) is 0 Å². The molecule has 1 rings (SSSR count). The molecule has 3 unspecified atom stereocenters. The molecule has 12 heavy (non-hydrogen) atoms. The first-order valence-corrected chi connectivity index (χ1v) is 5.10. The van der Waals surface area contributed by atoms with Crippen LogP contribution in [0.15, 0.2) is 12.7 Å². The minimum atomic E-state index is 0.702. The van der Waals surface area contributed by atoms with Gasteiger partial charge in [-0.15, -0.1) is 6.58 Å². The molecular weight excluding hydrogens is 146 g/mol. The zero-order valence-electron chi connectivity index (χ0n) is 8.34. The monoisotopic (exact) mass is 167 g/mol. The Bertz CT molecular complexity index is 142. The van der Waals surface area contributed by atoms with Gasteiger partial charge in [-0.1, -0.05) is 13.0 Å². The van der Waals surface area contributed by atoms with E-state index in [1.165, 1.54) is 25.8 Å². The molecule has 0 aromatic heterocycles. The Balaban J connectivity index is 2.35. The van der Waals surface area contributed by atoms with Crippen LogP contribution in [0.25, 0.3) is 0 Å². The zero-order valence-corrected chi connectivity index (χ0v) is 8.34. The number of nitrogens with one attached hydrogen (secondary N) is 1. The van der Waals surface area contributed by atoms with E-state index in [1.807, 2.05) is 6.08 Å². The summed E-state index contributed by atoms with van der Waals surface area (Å²) >= 11 is 0. The van der Waals surface area contributed by atoms with Crippen LogP contribution in [0.4, 0.5) is 0 Å². The standard InChI is InChI=1S/C11H21N/c1-4-5-6-11-7-8-12-10(3)9(11)2/h4,9-12H,1,5-8H2,2-3H3. The van der Waals surface area contributed by atoms with E-state index in [0.717, 1.165) is 11.8 Å². The lowest BCUT2D eigenvalue weighted by Crippen LogP contribution is -2.42. The van der Waals surface area contributed by atoms with Crippen LogP contribution < -0.4 is 5.32 Å². The summed E-state index contributed by atoms with van der Waals surface area (Å²) in [5.74, 6) is 1.75. The largest absolute Gasteiger partial charge is 0.314 e. The van der Waals surface area contributed by atoms with Gasteiger partial charge in [0.2, 0.25) is 0 Å². The van der Waals surface area contributed by atoms with E-state index in [2.05, 4.69) is 25.7 Å². The SMILES string of the molecule is C=CCCC1CCNC(C)C1C. The number of hydrogen-bond acceptors (Lipinski definition) is 1. The van der Waals surface area contributed by atoms with Crippen molar-refractivity contribution >= 4 is 0 Å². The van der Waals surface area contributed by atoms with Crippen LogP contribution in [-0.4, -0.2) is 12.6 Å². The van der Waals surface area contributed by atoms with Crippen molar-refractivity contribution in [2.75, 3.05) is 6.54 Å². The molecule has 0 radical (unpaired) electrons. The zero-order chi connectivity index (χ0) is 8.97. The lowest BCUT2D eigenvalue weighted by Gasteiger charge is -2.34. The van der Waals surface area contributed by atoms with Gasteiger partial charge in [0.25, 0.3) is 0 Å². The second-order valence-corrected chi connectivity index (χ2v) is 4.02. The van der Waals surface area contributed by atoms with Gasteiger partial charge in [-0.3, -0.25) is 0 Å². The van der Waals surface area contributed by atoms with Crippen molar-refractivity contribution in [1.29, 1.82) is 0 Å². The van der Waals surface area contributed by atoms with Crippen LogP contribution in [0.1, 0.15) is 33.1 Å². The summed E-state index contributed by atoms with van der Waals surface area (Å²) in [6.45, 7) is 9.64. The predicted octanol–water partition coefficient (Wildman–Crippen LogP) is 2.59. The van der Waals surface area contributed by atoms with E-state index in [4.69, 9.17) is 0 Å². The Morgan fingerprint density at radius 3 is 2.92 bits per heavy atom. The second-order valence-electron chi connectivity index (χ2n) is 4.02. The predicted molar refractivity (Wildman–Crippen MR) is 54.2 cm³/mol. The highest BCUT2D eigenvalue weighted by Crippen LogP contribution is 2.27. The molecule has 70 valence electrons. The first kappa shape index (κ1) is 9.79. The summed E-state index contributed by atoms with van der Waals surface area (Å²) in [4.78, 5) is 0. The highest BCUT2D eigenvalue weighted by atomic mass is 14.9. The summed E-state index contributed by atoms with van der Waals surface area (Å²) in [6, 6.07) is 0.702. The summed E-state index contributed by atoms with van der Waals surface area (Å²) in [5.41, 5.74) is 0. The molecule has 1 aliphatic rings. The van der Waals surface area contributed by atoms with Crippen molar-refractivity contribution in [2.24, 2.45) is 11.8 Å². The molecule has 0 amide bonds. The maximum absolute atomic E-state index is 3.77. The van der Waals surface area contributed by atoms with Crippen LogP contribution in [0, 0.1) is 11.8 Å². The number of rotatable bonds is 3. The van der Waals surface area contributed by atoms with Gasteiger partial charge in [-0.2, -0.15) is 0 Å². The van der Waals surface area contributed by atoms with Crippen molar-refractivity contribution in [1.82, 2.24) is 5.32 Å². The Morgan fingerprint density at radius 2 is 2.25 bits per heavy atom. The van der Waals surface area contributed by atoms with Gasteiger partial charge in [0.15, 0.2) is 0 Å². The van der Waals surface area contributed by atoms with Crippen molar-refractivity contribution < 1.29 is 0 Å². The molecule has 3 atom stereocenters. The van der Waals surface area contributed by atoms with Gasteiger partial charge in [0.1, 0.15) is 0 Å². The molecular formula is C11H21N. The molecule has 1 aliphatic heterocycles. The highest BCUT2D eigenvalue weighted by Gasteiger charge is 2.25. The molecule has 1 heteroatoms. The fourth-order valence-electron chi connectivity index (χ4n) is 2.09. The number of allylic oxidation sites excluding steroid dienone is 1. The third-order valence-corrected chi connectivity index (χ3v) is 3.26. The quantitative estimate of drug-likeness (QED) is 0.637. The van der Waals surface area contributed by atoms with E-state index in [0.29, 0.717) is 6.04 Å². The molecule has 1 fully saturated rings. The first-order valence-electron chi connectivity index (χ1n) is 5.10. The van der Waals surface area contributed by atoms with E-state index in [9.17, 15) is 0 Å². The van der Waals surface area contributed by atoms with Crippen molar-refractivity contribution in [2.45, 2.75) is 39.2 Å². The number of piperidine rings is 1. The third-order valence-electron chi connectivity index (χ3n) is 3.26. The van der Waals surface area contributed by atoms with Gasteiger partial charge < -0.3 is 5.32 Å². The molecule has 0 aliphatic carbocycles. The normalized spacial score (nSPS) is 36.3. The lowest BCUT2D eigenvalue weighted by molar-refractivity contribution is 0.206. The van der Waals surface area contributed by atoms with E-state index < -0.39 is 0 Å². The van der Waals surface area contributed by atoms with Crippen LogP contribution in [-0.2, 0) is 0 Å². The van der Waals surface area contributed by atoms with Crippen molar-refractivity contribution in [3.63, 3.8) is 0 Å². The summed E-state index contributed by atoms with van der Waals surface area (Å²) in [6.07, 6.45) is 5.90. The Hall–Kier alpha value is -0.300. The molecule has 1 nitrogen and oxygen atoms in total. The molecule has 0 saturated carbocycles. The van der Waals surface area contributed by atoms with E-state index in [1.54, 1.807) is 0 Å². The maximum atomic E-state index is 3.77. The molecule has 1 N–H and O–H groups in total. The fourth-order valence-corrected chi connectivity index (χ4v) is 2.09. The van der Waals surface area contributed by atoms with Crippen LogP contribution in [0.3, 0.4) is 0 Å². The average molecular weight is 167 g/mol. The molecule has 0 bridgehead atoms. The lowest BCUT2D eigenvalue weighted by atomic mass is 9.80. The molecule has 1 saturated heterocycles. The smallest absolute Gasteiger partial charge is 0.00670 e. The number of hydrogen-bond donors (Lipinski definition) is 1. The van der Waals surface area contributed by atoms with Crippen molar-refractivity contribution in [3.05, 3.63) is 12.7 Å². The van der Waals surface area contributed by atoms with Crippen LogP contribution in [0.2, 0.25) is 0 Å². The maximum Gasteiger partial charge on any atom is 0.00670 e. The van der Waals surface area contributed by atoms with Gasteiger partial charge in [0, 0.05) is 6.04 Å². The second kappa shape index (κ2) is 4.66. The average Bonchev–Trinajstić information content (AvgIpc) is 2.08. The third kappa shape index (κ3) is 2.34. The van der Waals surface area contributed by atoms with Gasteiger partial charge in [0.05, 0.1) is 0 Å². The summed E-state index contributed by atoms with van der Waals surface area (Å²) in [7, 11) is 0. The molecule has 0 aromatic rings. The van der Waals surface area contributed by atoms with Gasteiger partial charge in [-0.25, -0.2) is 0 Å². The topological polar surface area (TPSA) is 12.0 Å². The fraction of sp³-hybridized carbons (Fsp3) is 0.818. The van der Waals surface area contributed by atoms with Crippen molar-refractivity contribution in [3.8, 4) is 0 Å². The Kier molecular flexibility index (Phi) is 3.80. The van der Waals surface area contributed by atoms with Crippen LogP contribution in [0.5, 0.6) is 0 Å².